The van der Waals surface area contributed by atoms with Gasteiger partial charge in [-0.3, -0.25) is 4.79 Å². The fraction of sp³-hybridized carbons (Fsp3) is 0.143. The number of carbonyl (C=O) groups is 1. The van der Waals surface area contributed by atoms with Crippen molar-refractivity contribution in [1.82, 2.24) is 4.98 Å². The largest absolute Gasteiger partial charge is 0.438 e. The molecule has 1 N–H and O–H groups in total. The summed E-state index contributed by atoms with van der Waals surface area (Å²) < 4.78 is 108. The fourth-order valence-electron chi connectivity index (χ4n) is 2.75. The number of amides is 1. The Labute approximate surface area is 189 Å². The number of hydrogen-bond acceptors (Lipinski definition) is 5. The lowest BCUT2D eigenvalue weighted by Crippen LogP contribution is -2.17. The van der Waals surface area contributed by atoms with Crippen LogP contribution >= 0.6 is 0 Å². The van der Waals surface area contributed by atoms with E-state index in [0.717, 1.165) is 24.5 Å². The van der Waals surface area contributed by atoms with Crippen molar-refractivity contribution in [1.29, 1.82) is 0 Å². The van der Waals surface area contributed by atoms with E-state index in [4.69, 9.17) is 4.74 Å². The summed E-state index contributed by atoms with van der Waals surface area (Å²) in [6, 6.07) is 9.11. The zero-order valence-corrected chi connectivity index (χ0v) is 17.8. The van der Waals surface area contributed by atoms with E-state index in [-0.39, 0.29) is 10.6 Å². The van der Waals surface area contributed by atoms with Gasteiger partial charge in [-0.15, -0.1) is 0 Å². The second-order valence-electron chi connectivity index (χ2n) is 6.92. The van der Waals surface area contributed by atoms with E-state index in [1.54, 1.807) is 0 Å². The number of halogens is 6. The third kappa shape index (κ3) is 5.84. The number of anilines is 1. The van der Waals surface area contributed by atoms with Crippen molar-refractivity contribution in [3.63, 3.8) is 0 Å². The average Bonchev–Trinajstić information content (AvgIpc) is 2.72. The molecule has 13 heteroatoms. The molecule has 0 atom stereocenters. The normalized spacial score (nSPS) is 12.3. The molecule has 0 aliphatic rings. The summed E-state index contributed by atoms with van der Waals surface area (Å²) in [5.74, 6) is -2.82. The van der Waals surface area contributed by atoms with Gasteiger partial charge in [0, 0.05) is 18.1 Å². The molecule has 180 valence electrons. The number of rotatable bonds is 5. The predicted molar refractivity (Wildman–Crippen MR) is 108 cm³/mol. The van der Waals surface area contributed by atoms with Crippen LogP contribution in [0.15, 0.2) is 65.7 Å². The standard InChI is InChI=1S/C21H14F6N2O4S/c1-34(31,32)14-6-4-5-13(10-14)29-18(30)15-9-12(20(22,23)24)11-28-19(15)33-17-8-3-2-7-16(17)21(25,26)27/h2-11H,1H3,(H,29,30). The van der Waals surface area contributed by atoms with Crippen LogP contribution in [0.25, 0.3) is 0 Å². The van der Waals surface area contributed by atoms with Crippen molar-refractivity contribution in [2.45, 2.75) is 17.2 Å². The van der Waals surface area contributed by atoms with Gasteiger partial charge in [0.1, 0.15) is 11.3 Å². The van der Waals surface area contributed by atoms with E-state index in [0.29, 0.717) is 18.3 Å². The van der Waals surface area contributed by atoms with Crippen LogP contribution in [0, 0.1) is 0 Å². The molecule has 0 bridgehead atoms. The third-order valence-corrected chi connectivity index (χ3v) is 5.45. The highest BCUT2D eigenvalue weighted by Crippen LogP contribution is 2.39. The molecule has 0 radical (unpaired) electrons. The van der Waals surface area contributed by atoms with Crippen LogP contribution in [0.4, 0.5) is 32.0 Å². The van der Waals surface area contributed by atoms with Crippen LogP contribution in [0.2, 0.25) is 0 Å². The van der Waals surface area contributed by atoms with Crippen molar-refractivity contribution in [2.24, 2.45) is 0 Å². The molecule has 0 unspecified atom stereocenters. The molecule has 0 aliphatic heterocycles. The minimum Gasteiger partial charge on any atom is -0.438 e. The van der Waals surface area contributed by atoms with Crippen molar-refractivity contribution in [2.75, 3.05) is 11.6 Å². The molecule has 1 heterocycles. The number of ether oxygens (including phenoxy) is 1. The molecule has 3 aromatic rings. The van der Waals surface area contributed by atoms with Crippen molar-refractivity contribution >= 4 is 21.4 Å². The molecule has 0 aliphatic carbocycles. The monoisotopic (exact) mass is 504 g/mol. The highest BCUT2D eigenvalue weighted by atomic mass is 32.2. The minimum absolute atomic E-state index is 0.0908. The van der Waals surface area contributed by atoms with Gasteiger partial charge >= 0.3 is 12.4 Å². The maximum Gasteiger partial charge on any atom is 0.419 e. The number of para-hydroxylation sites is 1. The Balaban J connectivity index is 2.05. The fourth-order valence-corrected chi connectivity index (χ4v) is 3.41. The maximum absolute atomic E-state index is 13.3. The molecule has 3 rings (SSSR count). The number of hydrogen-bond donors (Lipinski definition) is 1. The van der Waals surface area contributed by atoms with Crippen molar-refractivity contribution < 1.29 is 44.3 Å². The molecule has 0 saturated carbocycles. The quantitative estimate of drug-likeness (QED) is 0.460. The Morgan fingerprint density at radius 2 is 1.62 bits per heavy atom. The summed E-state index contributed by atoms with van der Waals surface area (Å²) in [6.07, 6.45) is -8.54. The Morgan fingerprint density at radius 3 is 2.24 bits per heavy atom. The number of nitrogens with zero attached hydrogens (tertiary/aromatic N) is 1. The molecule has 0 fully saturated rings. The molecule has 0 spiro atoms. The van der Waals surface area contributed by atoms with E-state index in [1.165, 1.54) is 24.3 Å². The zero-order valence-electron chi connectivity index (χ0n) is 17.0. The second-order valence-corrected chi connectivity index (χ2v) is 8.94. The summed E-state index contributed by atoms with van der Waals surface area (Å²) in [4.78, 5) is 16.0. The van der Waals surface area contributed by atoms with Gasteiger partial charge in [0.25, 0.3) is 5.91 Å². The Bertz CT molecular complexity index is 1340. The van der Waals surface area contributed by atoms with Crippen LogP contribution in [0.5, 0.6) is 11.6 Å². The molecule has 6 nitrogen and oxygen atoms in total. The molecular formula is C21H14F6N2O4S. The number of nitrogens with one attached hydrogen (secondary N) is 1. The molecule has 0 saturated heterocycles. The van der Waals surface area contributed by atoms with Gasteiger partial charge in [0.15, 0.2) is 9.84 Å². The summed E-state index contributed by atoms with van der Waals surface area (Å²) in [5.41, 5.74) is -3.49. The number of carbonyl (C=O) groups excluding carboxylic acids is 1. The average molecular weight is 504 g/mol. The lowest BCUT2D eigenvalue weighted by Gasteiger charge is -2.16. The zero-order chi connectivity index (χ0) is 25.3. The van der Waals surface area contributed by atoms with Crippen LogP contribution in [-0.4, -0.2) is 25.6 Å². The predicted octanol–water partition coefficient (Wildman–Crippen LogP) is 5.57. The lowest BCUT2D eigenvalue weighted by molar-refractivity contribution is -0.138. The number of benzene rings is 2. The van der Waals surface area contributed by atoms with E-state index < -0.39 is 56.4 Å². The molecule has 1 aromatic heterocycles. The van der Waals surface area contributed by atoms with Gasteiger partial charge in [0.05, 0.1) is 16.0 Å². The number of aromatic nitrogens is 1. The highest BCUT2D eigenvalue weighted by molar-refractivity contribution is 7.90. The molecule has 2 aromatic carbocycles. The number of pyridine rings is 1. The van der Waals surface area contributed by atoms with E-state index in [1.807, 2.05) is 0 Å². The first-order valence-electron chi connectivity index (χ1n) is 9.19. The first-order chi connectivity index (χ1) is 15.7. The van der Waals surface area contributed by atoms with E-state index in [2.05, 4.69) is 10.3 Å². The van der Waals surface area contributed by atoms with Gasteiger partial charge < -0.3 is 10.1 Å². The maximum atomic E-state index is 13.3. The first-order valence-corrected chi connectivity index (χ1v) is 11.1. The summed E-state index contributed by atoms with van der Waals surface area (Å²) >= 11 is 0. The van der Waals surface area contributed by atoms with Gasteiger partial charge in [-0.05, 0) is 36.4 Å². The van der Waals surface area contributed by atoms with Gasteiger partial charge in [-0.25, -0.2) is 13.4 Å². The second kappa shape index (κ2) is 8.97. The van der Waals surface area contributed by atoms with Crippen LogP contribution in [-0.2, 0) is 22.2 Å². The topological polar surface area (TPSA) is 85.4 Å². The third-order valence-electron chi connectivity index (χ3n) is 4.34. The Morgan fingerprint density at radius 1 is 0.941 bits per heavy atom. The van der Waals surface area contributed by atoms with Gasteiger partial charge in [-0.1, -0.05) is 18.2 Å². The summed E-state index contributed by atoms with van der Waals surface area (Å²) in [5, 5.41) is 2.21. The summed E-state index contributed by atoms with van der Waals surface area (Å²) in [6.45, 7) is 0. The highest BCUT2D eigenvalue weighted by Gasteiger charge is 2.36. The lowest BCUT2D eigenvalue weighted by atomic mass is 10.1. The number of sulfone groups is 1. The van der Waals surface area contributed by atoms with E-state index in [9.17, 15) is 39.6 Å². The Hall–Kier alpha value is -3.61. The molecule has 1 amide bonds. The SMILES string of the molecule is CS(=O)(=O)c1cccc(NC(=O)c2cc(C(F)(F)F)cnc2Oc2ccccc2C(F)(F)F)c1. The van der Waals surface area contributed by atoms with Gasteiger partial charge in [0.2, 0.25) is 5.88 Å². The van der Waals surface area contributed by atoms with Crippen LogP contribution in [0.3, 0.4) is 0 Å². The molecular weight excluding hydrogens is 490 g/mol. The van der Waals surface area contributed by atoms with Crippen molar-refractivity contribution in [3.05, 3.63) is 77.5 Å². The number of alkyl halides is 6. The van der Waals surface area contributed by atoms with E-state index >= 15 is 0 Å². The van der Waals surface area contributed by atoms with Crippen LogP contribution in [0.1, 0.15) is 21.5 Å². The first kappa shape index (κ1) is 25.0. The minimum atomic E-state index is -4.92. The summed E-state index contributed by atoms with van der Waals surface area (Å²) in [7, 11) is -3.66. The molecule has 34 heavy (non-hydrogen) atoms. The van der Waals surface area contributed by atoms with Crippen molar-refractivity contribution in [3.8, 4) is 11.6 Å². The Kier molecular flexibility index (Phi) is 6.60. The van der Waals surface area contributed by atoms with Crippen LogP contribution < -0.4 is 10.1 Å². The van der Waals surface area contributed by atoms with Gasteiger partial charge in [-0.2, -0.15) is 26.3 Å². The smallest absolute Gasteiger partial charge is 0.419 e.